The molecule has 0 aliphatic carbocycles. The van der Waals surface area contributed by atoms with E-state index in [9.17, 15) is 9.59 Å². The number of aryl methyl sites for hydroxylation is 1. The summed E-state index contributed by atoms with van der Waals surface area (Å²) >= 11 is 0. The van der Waals surface area contributed by atoms with Crippen molar-refractivity contribution in [3.63, 3.8) is 0 Å². The highest BCUT2D eigenvalue weighted by molar-refractivity contribution is 6.06. The molecule has 1 atom stereocenters. The molecule has 2 amide bonds. The summed E-state index contributed by atoms with van der Waals surface area (Å²) in [6, 6.07) is 12.9. The number of benzene rings is 1. The molecule has 2 N–H and O–H groups in total. The molecule has 144 valence electrons. The lowest BCUT2D eigenvalue weighted by molar-refractivity contribution is 0.0855. The number of amides is 2. The van der Waals surface area contributed by atoms with Crippen molar-refractivity contribution in [1.82, 2.24) is 14.7 Å². The molecular formula is C21H22N4O3. The monoisotopic (exact) mass is 378 g/mol. The minimum absolute atomic E-state index is 0.0434. The Balaban J connectivity index is 1.58. The SMILES string of the molecule is Cc1cccc(NC(=O)c2nc(C(=O)NCC3CCCO3)c3ccccn23)c1. The summed E-state index contributed by atoms with van der Waals surface area (Å²) < 4.78 is 7.17. The number of ether oxygens (including phenoxy) is 1. The number of nitrogens with zero attached hydrogens (tertiary/aromatic N) is 2. The number of anilines is 1. The summed E-state index contributed by atoms with van der Waals surface area (Å²) in [5.74, 6) is -0.516. The molecule has 3 aromatic rings. The highest BCUT2D eigenvalue weighted by atomic mass is 16.5. The maximum Gasteiger partial charge on any atom is 0.292 e. The molecule has 1 saturated heterocycles. The Labute approximate surface area is 162 Å². The molecule has 1 aliphatic heterocycles. The summed E-state index contributed by atoms with van der Waals surface area (Å²) in [6.07, 6.45) is 3.72. The topological polar surface area (TPSA) is 84.7 Å². The standard InChI is InChI=1S/C21H22N4O3/c1-14-6-4-7-15(12-14)23-21(27)19-24-18(17-9-2-3-10-25(17)19)20(26)22-13-16-8-5-11-28-16/h2-4,6-7,9-10,12,16H,5,8,11,13H2,1H3,(H,22,26)(H,23,27). The van der Waals surface area contributed by atoms with E-state index in [0.29, 0.717) is 17.7 Å². The van der Waals surface area contributed by atoms with E-state index >= 15 is 0 Å². The normalized spacial score (nSPS) is 16.2. The van der Waals surface area contributed by atoms with Crippen LogP contribution in [0.25, 0.3) is 5.52 Å². The van der Waals surface area contributed by atoms with Crippen molar-refractivity contribution in [1.29, 1.82) is 0 Å². The Kier molecular flexibility index (Phi) is 5.08. The first kappa shape index (κ1) is 18.2. The van der Waals surface area contributed by atoms with Gasteiger partial charge in [-0.15, -0.1) is 0 Å². The number of imidazole rings is 1. The van der Waals surface area contributed by atoms with E-state index in [1.807, 2.05) is 37.3 Å². The first-order chi connectivity index (χ1) is 13.6. The second kappa shape index (κ2) is 7.82. The minimum atomic E-state index is -0.370. The Morgan fingerprint density at radius 3 is 2.89 bits per heavy atom. The molecule has 0 saturated carbocycles. The van der Waals surface area contributed by atoms with Crippen LogP contribution < -0.4 is 10.6 Å². The Morgan fingerprint density at radius 2 is 2.11 bits per heavy atom. The van der Waals surface area contributed by atoms with Crippen LogP contribution in [0.2, 0.25) is 0 Å². The Morgan fingerprint density at radius 1 is 1.21 bits per heavy atom. The van der Waals surface area contributed by atoms with Crippen molar-refractivity contribution < 1.29 is 14.3 Å². The third-order valence-corrected chi connectivity index (χ3v) is 4.76. The number of aromatic nitrogens is 2. The fourth-order valence-corrected chi connectivity index (χ4v) is 3.37. The average molecular weight is 378 g/mol. The zero-order valence-electron chi connectivity index (χ0n) is 15.6. The first-order valence-electron chi connectivity index (χ1n) is 9.37. The van der Waals surface area contributed by atoms with Gasteiger partial charge in [-0.25, -0.2) is 4.98 Å². The maximum absolute atomic E-state index is 12.8. The van der Waals surface area contributed by atoms with Crippen LogP contribution in [0.5, 0.6) is 0 Å². The van der Waals surface area contributed by atoms with Gasteiger partial charge in [-0.05, 0) is 49.6 Å². The Bertz CT molecular complexity index is 1020. The molecule has 0 radical (unpaired) electrons. The van der Waals surface area contributed by atoms with E-state index in [4.69, 9.17) is 4.74 Å². The molecule has 1 unspecified atom stereocenters. The van der Waals surface area contributed by atoms with Gasteiger partial charge in [-0.3, -0.25) is 14.0 Å². The van der Waals surface area contributed by atoms with Crippen LogP contribution >= 0.6 is 0 Å². The second-order valence-electron chi connectivity index (χ2n) is 6.91. The van der Waals surface area contributed by atoms with Crippen LogP contribution in [-0.2, 0) is 4.74 Å². The fraction of sp³-hybridized carbons (Fsp3) is 0.286. The van der Waals surface area contributed by atoms with E-state index in [1.165, 1.54) is 0 Å². The number of hydrogen-bond donors (Lipinski definition) is 2. The molecule has 7 nitrogen and oxygen atoms in total. The van der Waals surface area contributed by atoms with Crippen LogP contribution in [0.1, 0.15) is 39.5 Å². The second-order valence-corrected chi connectivity index (χ2v) is 6.91. The van der Waals surface area contributed by atoms with Crippen molar-refractivity contribution in [2.75, 3.05) is 18.5 Å². The molecule has 2 aromatic heterocycles. The third-order valence-electron chi connectivity index (χ3n) is 4.76. The lowest BCUT2D eigenvalue weighted by Gasteiger charge is -2.09. The summed E-state index contributed by atoms with van der Waals surface area (Å²) in [4.78, 5) is 29.8. The Hall–Kier alpha value is -3.19. The zero-order valence-corrected chi connectivity index (χ0v) is 15.6. The van der Waals surface area contributed by atoms with Crippen molar-refractivity contribution in [3.05, 3.63) is 65.7 Å². The first-order valence-corrected chi connectivity index (χ1v) is 9.37. The zero-order chi connectivity index (χ0) is 19.5. The highest BCUT2D eigenvalue weighted by Crippen LogP contribution is 2.17. The summed E-state index contributed by atoms with van der Waals surface area (Å²) in [5, 5.41) is 5.72. The van der Waals surface area contributed by atoms with Crippen LogP contribution in [-0.4, -0.2) is 40.5 Å². The van der Waals surface area contributed by atoms with Gasteiger partial charge < -0.3 is 15.4 Å². The van der Waals surface area contributed by atoms with Crippen molar-refractivity contribution in [3.8, 4) is 0 Å². The number of hydrogen-bond acceptors (Lipinski definition) is 4. The van der Waals surface area contributed by atoms with E-state index < -0.39 is 0 Å². The van der Waals surface area contributed by atoms with Crippen LogP contribution in [0.4, 0.5) is 5.69 Å². The number of rotatable bonds is 5. The maximum atomic E-state index is 12.8. The number of nitrogens with one attached hydrogen (secondary N) is 2. The van der Waals surface area contributed by atoms with Gasteiger partial charge in [-0.1, -0.05) is 18.2 Å². The number of carbonyl (C=O) groups is 2. The van der Waals surface area contributed by atoms with Gasteiger partial charge >= 0.3 is 0 Å². The molecule has 7 heteroatoms. The summed E-state index contributed by atoms with van der Waals surface area (Å²) in [5.41, 5.74) is 2.54. The van der Waals surface area contributed by atoms with Crippen molar-refractivity contribution in [2.24, 2.45) is 0 Å². The number of fused-ring (bicyclic) bond motifs is 1. The lowest BCUT2D eigenvalue weighted by Crippen LogP contribution is -2.32. The molecule has 1 aromatic carbocycles. The molecule has 4 rings (SSSR count). The van der Waals surface area contributed by atoms with Crippen molar-refractivity contribution in [2.45, 2.75) is 25.9 Å². The van der Waals surface area contributed by atoms with Crippen LogP contribution in [0, 0.1) is 6.92 Å². The van der Waals surface area contributed by atoms with Crippen LogP contribution in [0.3, 0.4) is 0 Å². The predicted molar refractivity (Wildman–Crippen MR) is 106 cm³/mol. The van der Waals surface area contributed by atoms with Gasteiger partial charge in [-0.2, -0.15) is 0 Å². The van der Waals surface area contributed by atoms with Gasteiger partial charge in [0.25, 0.3) is 11.8 Å². The van der Waals surface area contributed by atoms with E-state index in [1.54, 1.807) is 22.7 Å². The largest absolute Gasteiger partial charge is 0.376 e. The number of carbonyl (C=O) groups excluding carboxylic acids is 2. The molecule has 28 heavy (non-hydrogen) atoms. The molecule has 0 bridgehead atoms. The molecule has 0 spiro atoms. The lowest BCUT2D eigenvalue weighted by atomic mass is 10.2. The quantitative estimate of drug-likeness (QED) is 0.715. The van der Waals surface area contributed by atoms with E-state index in [2.05, 4.69) is 15.6 Å². The van der Waals surface area contributed by atoms with Crippen LogP contribution in [0.15, 0.2) is 48.7 Å². The average Bonchev–Trinajstić information content (AvgIpc) is 3.34. The fourth-order valence-electron chi connectivity index (χ4n) is 3.37. The summed E-state index contributed by atoms with van der Waals surface area (Å²) in [6.45, 7) is 3.13. The van der Waals surface area contributed by atoms with Crippen molar-refractivity contribution >= 4 is 23.0 Å². The third kappa shape index (κ3) is 3.75. The summed E-state index contributed by atoms with van der Waals surface area (Å²) in [7, 11) is 0. The van der Waals surface area contributed by atoms with Gasteiger partial charge in [0, 0.05) is 25.0 Å². The predicted octanol–water partition coefficient (Wildman–Crippen LogP) is 2.80. The highest BCUT2D eigenvalue weighted by Gasteiger charge is 2.23. The smallest absolute Gasteiger partial charge is 0.292 e. The van der Waals surface area contributed by atoms with Gasteiger partial charge in [0.05, 0.1) is 11.6 Å². The molecular weight excluding hydrogens is 356 g/mol. The van der Waals surface area contributed by atoms with E-state index in [0.717, 1.165) is 25.0 Å². The van der Waals surface area contributed by atoms with Gasteiger partial charge in [0.15, 0.2) is 5.69 Å². The number of pyridine rings is 1. The molecule has 1 aliphatic rings. The van der Waals surface area contributed by atoms with Gasteiger partial charge in [0.2, 0.25) is 5.82 Å². The minimum Gasteiger partial charge on any atom is -0.376 e. The molecule has 3 heterocycles. The molecule has 1 fully saturated rings. The van der Waals surface area contributed by atoms with Gasteiger partial charge in [0.1, 0.15) is 0 Å². The van der Waals surface area contributed by atoms with E-state index in [-0.39, 0.29) is 29.4 Å².